The number of rotatable bonds is 1. The lowest BCUT2D eigenvalue weighted by Gasteiger charge is -2.23. The molecular formula is C12H14BrN. The monoisotopic (exact) mass is 251 g/mol. The van der Waals surface area contributed by atoms with E-state index in [1.165, 1.54) is 29.4 Å². The van der Waals surface area contributed by atoms with E-state index in [1.807, 2.05) is 0 Å². The summed E-state index contributed by atoms with van der Waals surface area (Å²) in [4.78, 5) is 0. The summed E-state index contributed by atoms with van der Waals surface area (Å²) < 4.78 is 1.18. The fourth-order valence-electron chi connectivity index (χ4n) is 2.93. The van der Waals surface area contributed by atoms with E-state index in [1.54, 1.807) is 0 Å². The molecule has 0 spiro atoms. The van der Waals surface area contributed by atoms with Crippen LogP contribution >= 0.6 is 15.9 Å². The molecule has 0 radical (unpaired) electrons. The third-order valence-electron chi connectivity index (χ3n) is 3.63. The SMILES string of the molecule is Brc1ccc([C@H]2C[C@@H]3CNC2C3)cc1. The van der Waals surface area contributed by atoms with Gasteiger partial charge in [-0.1, -0.05) is 28.1 Å². The van der Waals surface area contributed by atoms with Gasteiger partial charge in [0.2, 0.25) is 0 Å². The van der Waals surface area contributed by atoms with Gasteiger partial charge in [0.1, 0.15) is 0 Å². The molecule has 1 aromatic carbocycles. The fraction of sp³-hybridized carbons (Fsp3) is 0.500. The van der Waals surface area contributed by atoms with Crippen LogP contribution in [0.3, 0.4) is 0 Å². The van der Waals surface area contributed by atoms with E-state index < -0.39 is 0 Å². The van der Waals surface area contributed by atoms with Crippen molar-refractivity contribution in [3.63, 3.8) is 0 Å². The summed E-state index contributed by atoms with van der Waals surface area (Å²) in [6, 6.07) is 9.58. The van der Waals surface area contributed by atoms with Crippen molar-refractivity contribution in [2.45, 2.75) is 24.8 Å². The van der Waals surface area contributed by atoms with E-state index in [0.29, 0.717) is 0 Å². The van der Waals surface area contributed by atoms with Crippen LogP contribution < -0.4 is 5.32 Å². The summed E-state index contributed by atoms with van der Waals surface area (Å²) in [6.45, 7) is 1.25. The first kappa shape index (κ1) is 8.93. The van der Waals surface area contributed by atoms with Gasteiger partial charge in [-0.3, -0.25) is 0 Å². The topological polar surface area (TPSA) is 12.0 Å². The number of hydrogen-bond donors (Lipinski definition) is 1. The molecule has 14 heavy (non-hydrogen) atoms. The minimum Gasteiger partial charge on any atom is -0.313 e. The Labute approximate surface area is 93.0 Å². The molecule has 2 aliphatic rings. The van der Waals surface area contributed by atoms with E-state index in [0.717, 1.165) is 17.9 Å². The number of fused-ring (bicyclic) bond motifs is 2. The van der Waals surface area contributed by atoms with Gasteiger partial charge in [-0.2, -0.15) is 0 Å². The molecule has 2 heteroatoms. The quantitative estimate of drug-likeness (QED) is 0.810. The van der Waals surface area contributed by atoms with E-state index in [-0.39, 0.29) is 0 Å². The first-order valence-corrected chi connectivity index (χ1v) is 6.11. The van der Waals surface area contributed by atoms with Gasteiger partial charge in [-0.25, -0.2) is 0 Å². The van der Waals surface area contributed by atoms with Gasteiger partial charge >= 0.3 is 0 Å². The summed E-state index contributed by atoms with van der Waals surface area (Å²) in [5, 5.41) is 3.61. The van der Waals surface area contributed by atoms with Crippen LogP contribution in [0.15, 0.2) is 28.7 Å². The highest BCUT2D eigenvalue weighted by atomic mass is 79.9. The van der Waals surface area contributed by atoms with Crippen molar-refractivity contribution in [1.29, 1.82) is 0 Å². The summed E-state index contributed by atoms with van der Waals surface area (Å²) in [6.07, 6.45) is 2.78. The smallest absolute Gasteiger partial charge is 0.0175 e. The number of hydrogen-bond acceptors (Lipinski definition) is 1. The van der Waals surface area contributed by atoms with Gasteiger partial charge < -0.3 is 5.32 Å². The van der Waals surface area contributed by atoms with E-state index >= 15 is 0 Å². The Kier molecular flexibility index (Phi) is 2.14. The van der Waals surface area contributed by atoms with Gasteiger partial charge in [-0.05, 0) is 48.9 Å². The third kappa shape index (κ3) is 1.41. The molecule has 1 aliphatic heterocycles. The average Bonchev–Trinajstić information content (AvgIpc) is 2.80. The lowest BCUT2D eigenvalue weighted by Crippen LogP contribution is -2.31. The molecule has 1 saturated heterocycles. The molecule has 2 fully saturated rings. The normalized spacial score (nSPS) is 35.1. The van der Waals surface area contributed by atoms with E-state index in [2.05, 4.69) is 45.5 Å². The molecule has 3 atom stereocenters. The van der Waals surface area contributed by atoms with Gasteiger partial charge in [-0.15, -0.1) is 0 Å². The Balaban J connectivity index is 1.86. The number of halogens is 1. The van der Waals surface area contributed by atoms with Gasteiger partial charge in [0, 0.05) is 10.5 Å². The van der Waals surface area contributed by atoms with E-state index in [9.17, 15) is 0 Å². The Morgan fingerprint density at radius 3 is 2.50 bits per heavy atom. The molecule has 1 nitrogen and oxygen atoms in total. The maximum absolute atomic E-state index is 3.61. The minimum absolute atomic E-state index is 0.751. The highest BCUT2D eigenvalue weighted by molar-refractivity contribution is 9.10. The molecule has 1 N–H and O–H groups in total. The number of nitrogens with one attached hydrogen (secondary N) is 1. The minimum atomic E-state index is 0.751. The van der Waals surface area contributed by atoms with Crippen LogP contribution in [0, 0.1) is 5.92 Å². The molecule has 0 amide bonds. The fourth-order valence-corrected chi connectivity index (χ4v) is 3.20. The third-order valence-corrected chi connectivity index (χ3v) is 4.16. The van der Waals surface area contributed by atoms with Crippen molar-refractivity contribution in [3.8, 4) is 0 Å². The Bertz CT molecular complexity index is 333. The van der Waals surface area contributed by atoms with Crippen LogP contribution in [-0.4, -0.2) is 12.6 Å². The zero-order chi connectivity index (χ0) is 9.54. The summed E-state index contributed by atoms with van der Waals surface area (Å²) in [5.41, 5.74) is 1.51. The molecule has 74 valence electrons. The summed E-state index contributed by atoms with van der Waals surface area (Å²) in [7, 11) is 0. The van der Waals surface area contributed by atoms with Gasteiger partial charge in [0.25, 0.3) is 0 Å². The van der Waals surface area contributed by atoms with Gasteiger partial charge in [0.15, 0.2) is 0 Å². The van der Waals surface area contributed by atoms with Crippen molar-refractivity contribution in [2.75, 3.05) is 6.54 Å². The Hall–Kier alpha value is -0.340. The predicted octanol–water partition coefficient (Wildman–Crippen LogP) is 2.91. The molecule has 2 bridgehead atoms. The van der Waals surface area contributed by atoms with Crippen LogP contribution in [0.4, 0.5) is 0 Å². The maximum atomic E-state index is 3.61. The van der Waals surface area contributed by atoms with Crippen LogP contribution in [0.2, 0.25) is 0 Å². The molecular weight excluding hydrogens is 238 g/mol. The molecule has 1 saturated carbocycles. The summed E-state index contributed by atoms with van der Waals surface area (Å²) in [5.74, 6) is 1.70. The van der Waals surface area contributed by atoms with Crippen LogP contribution in [0.1, 0.15) is 24.3 Å². The van der Waals surface area contributed by atoms with Crippen molar-refractivity contribution in [2.24, 2.45) is 5.92 Å². The lowest BCUT2D eigenvalue weighted by atomic mass is 9.92. The van der Waals surface area contributed by atoms with E-state index in [4.69, 9.17) is 0 Å². The largest absolute Gasteiger partial charge is 0.313 e. The standard InChI is InChI=1S/C12H14BrN/c13-10-3-1-9(2-4-10)11-5-8-6-12(11)14-7-8/h1-4,8,11-12,14H,5-7H2/t8-,11+,12?/m0/s1. The van der Waals surface area contributed by atoms with Crippen LogP contribution in [-0.2, 0) is 0 Å². The highest BCUT2D eigenvalue weighted by Gasteiger charge is 2.39. The number of piperidine rings is 1. The zero-order valence-electron chi connectivity index (χ0n) is 8.04. The molecule has 1 aromatic rings. The Morgan fingerprint density at radius 2 is 1.93 bits per heavy atom. The first-order valence-electron chi connectivity index (χ1n) is 5.32. The lowest BCUT2D eigenvalue weighted by molar-refractivity contribution is 0.448. The summed E-state index contributed by atoms with van der Waals surface area (Å²) >= 11 is 3.48. The second-order valence-electron chi connectivity index (χ2n) is 4.51. The Morgan fingerprint density at radius 1 is 1.14 bits per heavy atom. The first-order chi connectivity index (χ1) is 6.83. The van der Waals surface area contributed by atoms with Crippen LogP contribution in [0.25, 0.3) is 0 Å². The highest BCUT2D eigenvalue weighted by Crippen LogP contribution is 2.42. The van der Waals surface area contributed by atoms with Gasteiger partial charge in [0.05, 0.1) is 0 Å². The molecule has 3 rings (SSSR count). The van der Waals surface area contributed by atoms with Crippen molar-refractivity contribution in [3.05, 3.63) is 34.3 Å². The number of benzene rings is 1. The molecule has 1 aliphatic carbocycles. The molecule has 1 heterocycles. The van der Waals surface area contributed by atoms with Crippen molar-refractivity contribution >= 4 is 15.9 Å². The molecule has 1 unspecified atom stereocenters. The predicted molar refractivity (Wildman–Crippen MR) is 61.4 cm³/mol. The second kappa shape index (κ2) is 3.35. The van der Waals surface area contributed by atoms with Crippen LogP contribution in [0.5, 0.6) is 0 Å². The van der Waals surface area contributed by atoms with Crippen molar-refractivity contribution < 1.29 is 0 Å². The maximum Gasteiger partial charge on any atom is 0.0175 e. The van der Waals surface area contributed by atoms with Crippen molar-refractivity contribution in [1.82, 2.24) is 5.32 Å². The average molecular weight is 252 g/mol. The zero-order valence-corrected chi connectivity index (χ0v) is 9.63. The second-order valence-corrected chi connectivity index (χ2v) is 5.43. The molecule has 0 aromatic heterocycles.